The molecule has 0 aromatic heterocycles. The van der Waals surface area contributed by atoms with Gasteiger partial charge in [0.15, 0.2) is 0 Å². The molecule has 3 N–H and O–H groups in total. The number of carbonyl (C=O) groups excluding carboxylic acids is 3. The van der Waals surface area contributed by atoms with Crippen molar-refractivity contribution in [3.8, 4) is 5.75 Å². The third kappa shape index (κ3) is 5.38. The Bertz CT molecular complexity index is 459. The fourth-order valence-corrected chi connectivity index (χ4v) is 1.39. The molecule has 7 heteroatoms. The fourth-order valence-electron chi connectivity index (χ4n) is 1.39. The average Bonchev–Trinajstić information content (AvgIpc) is 2.47. The van der Waals surface area contributed by atoms with Crippen LogP contribution in [-0.4, -0.2) is 38.4 Å². The largest absolute Gasteiger partial charge is 0.497 e. The van der Waals surface area contributed by atoms with E-state index in [9.17, 15) is 14.4 Å². The summed E-state index contributed by atoms with van der Waals surface area (Å²) >= 11 is 0. The van der Waals surface area contributed by atoms with Crippen LogP contribution in [0, 0.1) is 0 Å². The van der Waals surface area contributed by atoms with Crippen molar-refractivity contribution < 1.29 is 19.1 Å². The van der Waals surface area contributed by atoms with Crippen LogP contribution in [0.15, 0.2) is 24.3 Å². The van der Waals surface area contributed by atoms with Gasteiger partial charge >= 0.3 is 11.8 Å². The van der Waals surface area contributed by atoms with Crippen LogP contribution in [0.2, 0.25) is 0 Å². The first kappa shape index (κ1) is 15.5. The summed E-state index contributed by atoms with van der Waals surface area (Å²) in [6.07, 6.45) is 1.14. The van der Waals surface area contributed by atoms with Gasteiger partial charge in [0.2, 0.25) is 6.41 Å². The number of rotatable bonds is 7. The van der Waals surface area contributed by atoms with Crippen LogP contribution < -0.4 is 20.7 Å². The molecule has 1 aromatic rings. The van der Waals surface area contributed by atoms with Gasteiger partial charge < -0.3 is 20.7 Å². The lowest BCUT2D eigenvalue weighted by Gasteiger charge is -2.07. The fraction of sp³-hybridized carbons (Fsp3) is 0.308. The molecule has 1 aromatic carbocycles. The normalized spacial score (nSPS) is 9.45. The number of hydrogen-bond acceptors (Lipinski definition) is 4. The zero-order valence-corrected chi connectivity index (χ0v) is 11.1. The molecule has 0 saturated heterocycles. The lowest BCUT2D eigenvalue weighted by Crippen LogP contribution is -2.36. The van der Waals surface area contributed by atoms with E-state index in [1.165, 1.54) is 0 Å². The number of amides is 3. The highest BCUT2D eigenvalue weighted by molar-refractivity contribution is 6.39. The van der Waals surface area contributed by atoms with Crippen LogP contribution in [-0.2, 0) is 14.4 Å². The van der Waals surface area contributed by atoms with Crippen LogP contribution in [0.5, 0.6) is 5.75 Å². The van der Waals surface area contributed by atoms with E-state index in [2.05, 4.69) is 16.0 Å². The second kappa shape index (κ2) is 8.52. The molecule has 0 atom stereocenters. The Labute approximate surface area is 116 Å². The van der Waals surface area contributed by atoms with Crippen molar-refractivity contribution in [2.24, 2.45) is 0 Å². The van der Waals surface area contributed by atoms with Crippen molar-refractivity contribution >= 4 is 23.9 Å². The van der Waals surface area contributed by atoms with Crippen LogP contribution in [0.3, 0.4) is 0 Å². The SMILES string of the molecule is COc1ccc(NC(=O)C(=O)NCCCNC=O)cc1. The second-order valence-electron chi connectivity index (χ2n) is 3.86. The van der Waals surface area contributed by atoms with E-state index in [0.29, 0.717) is 37.4 Å². The van der Waals surface area contributed by atoms with Crippen molar-refractivity contribution in [1.29, 1.82) is 0 Å². The summed E-state index contributed by atoms with van der Waals surface area (Å²) in [5.41, 5.74) is 0.508. The summed E-state index contributed by atoms with van der Waals surface area (Å²) in [6, 6.07) is 6.63. The van der Waals surface area contributed by atoms with Gasteiger partial charge in [-0.2, -0.15) is 0 Å². The highest BCUT2D eigenvalue weighted by Crippen LogP contribution is 2.14. The molecule has 0 radical (unpaired) electrons. The van der Waals surface area contributed by atoms with Gasteiger partial charge in [-0.3, -0.25) is 14.4 Å². The topological polar surface area (TPSA) is 96.5 Å². The summed E-state index contributed by atoms with van der Waals surface area (Å²) in [5.74, 6) is -0.791. The quantitative estimate of drug-likeness (QED) is 0.368. The molecule has 0 unspecified atom stereocenters. The van der Waals surface area contributed by atoms with Gasteiger partial charge in [0, 0.05) is 18.8 Å². The van der Waals surface area contributed by atoms with Gasteiger partial charge in [-0.1, -0.05) is 0 Å². The minimum atomic E-state index is -0.737. The Balaban J connectivity index is 2.33. The van der Waals surface area contributed by atoms with E-state index < -0.39 is 11.8 Å². The van der Waals surface area contributed by atoms with Crippen molar-refractivity contribution in [2.75, 3.05) is 25.5 Å². The van der Waals surface area contributed by atoms with Gasteiger partial charge in [-0.15, -0.1) is 0 Å². The smallest absolute Gasteiger partial charge is 0.313 e. The Hall–Kier alpha value is -2.57. The highest BCUT2D eigenvalue weighted by atomic mass is 16.5. The maximum absolute atomic E-state index is 11.6. The average molecular weight is 279 g/mol. The molecule has 7 nitrogen and oxygen atoms in total. The number of anilines is 1. The molecule has 0 aliphatic rings. The first-order valence-electron chi connectivity index (χ1n) is 6.07. The number of hydrogen-bond donors (Lipinski definition) is 3. The zero-order chi connectivity index (χ0) is 14.8. The monoisotopic (exact) mass is 279 g/mol. The summed E-state index contributed by atoms with van der Waals surface area (Å²) in [5, 5.41) is 7.38. The lowest BCUT2D eigenvalue weighted by molar-refractivity contribution is -0.136. The third-order valence-electron chi connectivity index (χ3n) is 2.42. The molecular formula is C13H17N3O4. The standard InChI is InChI=1S/C13H17N3O4/c1-20-11-5-3-10(4-6-11)16-13(19)12(18)15-8-2-7-14-9-17/h3-6,9H,2,7-8H2,1H3,(H,14,17)(H,15,18)(H,16,19). The summed E-state index contributed by atoms with van der Waals surface area (Å²) in [7, 11) is 1.54. The molecule has 0 aliphatic heterocycles. The van der Waals surface area contributed by atoms with Crippen molar-refractivity contribution in [3.05, 3.63) is 24.3 Å². The van der Waals surface area contributed by atoms with Crippen molar-refractivity contribution in [2.45, 2.75) is 6.42 Å². The maximum atomic E-state index is 11.6. The number of ether oxygens (including phenoxy) is 1. The molecule has 20 heavy (non-hydrogen) atoms. The minimum Gasteiger partial charge on any atom is -0.497 e. The number of methoxy groups -OCH3 is 1. The molecule has 0 spiro atoms. The Morgan fingerprint density at radius 1 is 1.15 bits per heavy atom. The van der Waals surface area contributed by atoms with Crippen LogP contribution in [0.25, 0.3) is 0 Å². The molecule has 0 saturated carbocycles. The summed E-state index contributed by atoms with van der Waals surface area (Å²) in [4.78, 5) is 33.0. The first-order chi connectivity index (χ1) is 9.67. The molecule has 0 bridgehead atoms. The van der Waals surface area contributed by atoms with Gasteiger partial charge in [-0.25, -0.2) is 0 Å². The lowest BCUT2D eigenvalue weighted by atomic mass is 10.3. The van der Waals surface area contributed by atoms with E-state index in [1.54, 1.807) is 31.4 Å². The third-order valence-corrected chi connectivity index (χ3v) is 2.42. The van der Waals surface area contributed by atoms with E-state index in [-0.39, 0.29) is 0 Å². The van der Waals surface area contributed by atoms with E-state index in [1.807, 2.05) is 0 Å². The number of benzene rings is 1. The van der Waals surface area contributed by atoms with E-state index in [0.717, 1.165) is 0 Å². The van der Waals surface area contributed by atoms with E-state index >= 15 is 0 Å². The summed E-state index contributed by atoms with van der Waals surface area (Å²) in [6.45, 7) is 0.763. The molecule has 108 valence electrons. The molecule has 3 amide bonds. The Morgan fingerprint density at radius 2 is 1.85 bits per heavy atom. The van der Waals surface area contributed by atoms with Crippen LogP contribution in [0.1, 0.15) is 6.42 Å². The van der Waals surface area contributed by atoms with Gasteiger partial charge in [0.05, 0.1) is 7.11 Å². The van der Waals surface area contributed by atoms with Crippen molar-refractivity contribution in [1.82, 2.24) is 10.6 Å². The maximum Gasteiger partial charge on any atom is 0.313 e. The second-order valence-corrected chi connectivity index (χ2v) is 3.86. The minimum absolute atomic E-state index is 0.315. The van der Waals surface area contributed by atoms with Gasteiger partial charge in [-0.05, 0) is 30.7 Å². The molecule has 0 heterocycles. The Morgan fingerprint density at radius 3 is 2.45 bits per heavy atom. The predicted molar refractivity (Wildman–Crippen MR) is 73.3 cm³/mol. The predicted octanol–water partition coefficient (Wildman–Crippen LogP) is -0.114. The molecule has 0 fully saturated rings. The van der Waals surface area contributed by atoms with Crippen LogP contribution >= 0.6 is 0 Å². The summed E-state index contributed by atoms with van der Waals surface area (Å²) < 4.78 is 4.98. The van der Waals surface area contributed by atoms with Gasteiger partial charge in [0.1, 0.15) is 5.75 Å². The molecule has 1 rings (SSSR count). The molecule has 0 aliphatic carbocycles. The zero-order valence-electron chi connectivity index (χ0n) is 11.1. The highest BCUT2D eigenvalue weighted by Gasteiger charge is 2.12. The van der Waals surface area contributed by atoms with Gasteiger partial charge in [0.25, 0.3) is 0 Å². The Kier molecular flexibility index (Phi) is 6.60. The van der Waals surface area contributed by atoms with E-state index in [4.69, 9.17) is 4.74 Å². The number of carbonyl (C=O) groups is 3. The number of nitrogens with one attached hydrogen (secondary N) is 3. The van der Waals surface area contributed by atoms with Crippen molar-refractivity contribution in [3.63, 3.8) is 0 Å². The van der Waals surface area contributed by atoms with Crippen LogP contribution in [0.4, 0.5) is 5.69 Å². The molecular weight excluding hydrogens is 262 g/mol. The first-order valence-corrected chi connectivity index (χ1v) is 6.07.